The van der Waals surface area contributed by atoms with Gasteiger partial charge in [0.05, 0.1) is 0 Å². The summed E-state index contributed by atoms with van der Waals surface area (Å²) in [6.07, 6.45) is 3.10. The Morgan fingerprint density at radius 1 is 0.829 bits per heavy atom. The van der Waals surface area contributed by atoms with Crippen LogP contribution in [0.5, 0.6) is 0 Å². The first kappa shape index (κ1) is 24.4. The lowest BCUT2D eigenvalue weighted by atomic mass is 9.76. The number of imidazole rings is 1. The molecule has 1 heterocycles. The van der Waals surface area contributed by atoms with Crippen LogP contribution in [0.3, 0.4) is 0 Å². The molecule has 4 nitrogen and oxygen atoms in total. The third-order valence-electron chi connectivity index (χ3n) is 6.92. The molecule has 0 aliphatic carbocycles. The Bertz CT molecular complexity index is 1190. The lowest BCUT2D eigenvalue weighted by molar-refractivity contribution is 0.0484. The fourth-order valence-corrected chi connectivity index (χ4v) is 4.90. The second kappa shape index (κ2) is 10.3. The smallest absolute Gasteiger partial charge is 0.147 e. The topological polar surface area (TPSA) is 61.8 Å². The van der Waals surface area contributed by atoms with Gasteiger partial charge in [-0.1, -0.05) is 111 Å². The Labute approximate surface area is 208 Å². The van der Waals surface area contributed by atoms with Gasteiger partial charge in [-0.05, 0) is 36.5 Å². The minimum atomic E-state index is -1.22. The van der Waals surface area contributed by atoms with Crippen LogP contribution in [0, 0.1) is 11.3 Å². The predicted octanol–water partition coefficient (Wildman–Crippen LogP) is 6.56. The molecule has 35 heavy (non-hydrogen) atoms. The Hall–Kier alpha value is -3.68. The molecule has 0 fully saturated rings. The van der Waals surface area contributed by atoms with Gasteiger partial charge in [-0.2, -0.15) is 5.26 Å². The molecule has 4 aromatic rings. The van der Waals surface area contributed by atoms with Crippen LogP contribution in [0.15, 0.2) is 91.0 Å². The molecule has 0 spiro atoms. The molecule has 1 N–H and O–H groups in total. The van der Waals surface area contributed by atoms with Gasteiger partial charge in [-0.25, -0.2) is 4.98 Å². The van der Waals surface area contributed by atoms with Crippen molar-refractivity contribution in [2.24, 2.45) is 0 Å². The number of nitrogens with zero attached hydrogens (tertiary/aromatic N) is 3. The van der Waals surface area contributed by atoms with Gasteiger partial charge < -0.3 is 9.67 Å². The van der Waals surface area contributed by atoms with E-state index in [1.54, 1.807) is 6.92 Å². The summed E-state index contributed by atoms with van der Waals surface area (Å²) in [5.41, 5.74) is 1.89. The summed E-state index contributed by atoms with van der Waals surface area (Å²) in [4.78, 5) is 4.99. The number of nitriles is 1. The standard InChI is InChI=1S/C31H33N3O/c1-4-6-22-28-33-29(30(3,35)5-2)27(23-32)34(28)31(24-16-10-7-11-17-24,25-18-12-8-13-19-25)26-20-14-9-15-21-26/h7-21,35H,4-6,22H2,1-3H3. The Morgan fingerprint density at radius 2 is 1.29 bits per heavy atom. The minimum absolute atomic E-state index is 0.402. The normalized spacial score (nSPS) is 13.2. The quantitative estimate of drug-likeness (QED) is 0.286. The number of hydrogen-bond donors (Lipinski definition) is 1. The first-order valence-electron chi connectivity index (χ1n) is 12.4. The maximum atomic E-state index is 11.3. The van der Waals surface area contributed by atoms with Crippen LogP contribution in [0.2, 0.25) is 0 Å². The highest BCUT2D eigenvalue weighted by atomic mass is 16.3. The lowest BCUT2D eigenvalue weighted by Crippen LogP contribution is -2.40. The van der Waals surface area contributed by atoms with Crippen molar-refractivity contribution >= 4 is 0 Å². The summed E-state index contributed by atoms with van der Waals surface area (Å²) in [5, 5.41) is 21.9. The van der Waals surface area contributed by atoms with E-state index in [4.69, 9.17) is 4.98 Å². The van der Waals surface area contributed by atoms with Crippen LogP contribution >= 0.6 is 0 Å². The van der Waals surface area contributed by atoms with Gasteiger partial charge in [-0.15, -0.1) is 0 Å². The summed E-state index contributed by atoms with van der Waals surface area (Å²) in [6.45, 7) is 5.82. The molecule has 0 saturated carbocycles. The largest absolute Gasteiger partial charge is 0.384 e. The molecular formula is C31H33N3O. The van der Waals surface area contributed by atoms with Crippen LogP contribution in [0.4, 0.5) is 0 Å². The predicted molar refractivity (Wildman–Crippen MR) is 140 cm³/mol. The van der Waals surface area contributed by atoms with E-state index in [9.17, 15) is 10.4 Å². The van der Waals surface area contributed by atoms with Crippen molar-refractivity contribution in [2.75, 3.05) is 0 Å². The molecule has 0 aliphatic rings. The number of benzene rings is 3. The zero-order valence-corrected chi connectivity index (χ0v) is 20.8. The summed E-state index contributed by atoms with van der Waals surface area (Å²) >= 11 is 0. The maximum Gasteiger partial charge on any atom is 0.147 e. The molecule has 0 bridgehead atoms. The molecule has 178 valence electrons. The molecule has 0 saturated heterocycles. The Kier molecular flexibility index (Phi) is 7.19. The van der Waals surface area contributed by atoms with E-state index in [2.05, 4.69) is 54.0 Å². The first-order chi connectivity index (χ1) is 17.0. The van der Waals surface area contributed by atoms with E-state index in [0.29, 0.717) is 24.2 Å². The number of aryl methyl sites for hydroxylation is 1. The summed E-state index contributed by atoms with van der Waals surface area (Å²) in [6, 6.07) is 33.4. The lowest BCUT2D eigenvalue weighted by Gasteiger charge is -2.39. The van der Waals surface area contributed by atoms with Crippen molar-refractivity contribution in [1.82, 2.24) is 9.55 Å². The molecule has 1 aromatic heterocycles. The van der Waals surface area contributed by atoms with Crippen LogP contribution in [-0.4, -0.2) is 14.7 Å². The Balaban J connectivity index is 2.23. The van der Waals surface area contributed by atoms with Gasteiger partial charge in [-0.3, -0.25) is 0 Å². The fourth-order valence-electron chi connectivity index (χ4n) is 4.90. The van der Waals surface area contributed by atoms with Crippen molar-refractivity contribution in [3.8, 4) is 6.07 Å². The van der Waals surface area contributed by atoms with E-state index < -0.39 is 11.1 Å². The van der Waals surface area contributed by atoms with Gasteiger partial charge in [0.1, 0.15) is 34.4 Å². The average Bonchev–Trinajstić information content (AvgIpc) is 3.29. The number of rotatable bonds is 9. The van der Waals surface area contributed by atoms with E-state index in [1.807, 2.05) is 61.5 Å². The highest BCUT2D eigenvalue weighted by molar-refractivity contribution is 5.54. The third kappa shape index (κ3) is 4.29. The maximum absolute atomic E-state index is 11.3. The van der Waals surface area contributed by atoms with Crippen molar-refractivity contribution in [2.45, 2.75) is 57.6 Å². The third-order valence-corrected chi connectivity index (χ3v) is 6.92. The fraction of sp³-hybridized carbons (Fsp3) is 0.290. The molecule has 4 rings (SSSR count). The second-order valence-electron chi connectivity index (χ2n) is 9.21. The molecule has 0 radical (unpaired) electrons. The molecule has 3 aromatic carbocycles. The number of aliphatic hydroxyl groups is 1. The minimum Gasteiger partial charge on any atom is -0.384 e. The van der Waals surface area contributed by atoms with Crippen LogP contribution in [-0.2, 0) is 17.6 Å². The van der Waals surface area contributed by atoms with Crippen LogP contribution in [0.25, 0.3) is 0 Å². The average molecular weight is 464 g/mol. The highest BCUT2D eigenvalue weighted by Crippen LogP contribution is 2.44. The molecule has 1 atom stereocenters. The summed E-state index contributed by atoms with van der Waals surface area (Å²) < 4.78 is 2.10. The molecule has 4 heteroatoms. The first-order valence-corrected chi connectivity index (χ1v) is 12.4. The zero-order valence-electron chi connectivity index (χ0n) is 20.8. The van der Waals surface area contributed by atoms with E-state index in [0.717, 1.165) is 35.4 Å². The van der Waals surface area contributed by atoms with Crippen molar-refractivity contribution in [3.05, 3.63) is 125 Å². The SMILES string of the molecule is CCCCc1nc(C(C)(O)CC)c(C#N)n1C(c1ccccc1)(c1ccccc1)c1ccccc1. The van der Waals surface area contributed by atoms with E-state index >= 15 is 0 Å². The summed E-state index contributed by atoms with van der Waals surface area (Å²) in [7, 11) is 0. The van der Waals surface area contributed by atoms with Gasteiger partial charge >= 0.3 is 0 Å². The number of unbranched alkanes of at least 4 members (excludes halogenated alkanes) is 1. The molecule has 1 unspecified atom stereocenters. The van der Waals surface area contributed by atoms with Crippen molar-refractivity contribution in [1.29, 1.82) is 5.26 Å². The number of hydrogen-bond acceptors (Lipinski definition) is 3. The Morgan fingerprint density at radius 3 is 1.66 bits per heavy atom. The van der Waals surface area contributed by atoms with Crippen LogP contribution in [0.1, 0.15) is 73.9 Å². The highest BCUT2D eigenvalue weighted by Gasteiger charge is 2.44. The van der Waals surface area contributed by atoms with Gasteiger partial charge in [0.15, 0.2) is 0 Å². The zero-order chi connectivity index (χ0) is 24.9. The van der Waals surface area contributed by atoms with Crippen molar-refractivity contribution in [3.63, 3.8) is 0 Å². The van der Waals surface area contributed by atoms with Crippen molar-refractivity contribution < 1.29 is 5.11 Å². The van der Waals surface area contributed by atoms with Gasteiger partial charge in [0, 0.05) is 6.42 Å². The van der Waals surface area contributed by atoms with Gasteiger partial charge in [0.25, 0.3) is 0 Å². The molecule has 0 amide bonds. The van der Waals surface area contributed by atoms with Gasteiger partial charge in [0.2, 0.25) is 0 Å². The second-order valence-corrected chi connectivity index (χ2v) is 9.21. The van der Waals surface area contributed by atoms with E-state index in [-0.39, 0.29) is 0 Å². The summed E-state index contributed by atoms with van der Waals surface area (Å²) in [5.74, 6) is 0.809. The number of aromatic nitrogens is 2. The molecular weight excluding hydrogens is 430 g/mol. The van der Waals surface area contributed by atoms with Crippen LogP contribution < -0.4 is 0 Å². The molecule has 0 aliphatic heterocycles. The monoisotopic (exact) mass is 463 g/mol. The van der Waals surface area contributed by atoms with E-state index in [1.165, 1.54) is 0 Å².